The van der Waals surface area contributed by atoms with Gasteiger partial charge >= 0.3 is 0 Å². The van der Waals surface area contributed by atoms with Gasteiger partial charge < -0.3 is 10.2 Å². The molecule has 0 saturated carbocycles. The number of nitrogens with zero attached hydrogens (tertiary/aromatic N) is 1. The first kappa shape index (κ1) is 11.7. The van der Waals surface area contributed by atoms with Crippen LogP contribution in [0.2, 0.25) is 0 Å². The molecular weight excluding hydrogens is 260 g/mol. The van der Waals surface area contributed by atoms with Crippen molar-refractivity contribution >= 4 is 44.8 Å². The van der Waals surface area contributed by atoms with E-state index in [0.29, 0.717) is 0 Å². The molecule has 18 heavy (non-hydrogen) atoms. The Hall–Kier alpha value is -1.39. The van der Waals surface area contributed by atoms with Crippen LogP contribution in [-0.2, 0) is 0 Å². The van der Waals surface area contributed by atoms with Gasteiger partial charge in [0.05, 0.1) is 6.54 Å². The van der Waals surface area contributed by atoms with Gasteiger partial charge in [0.25, 0.3) is 0 Å². The highest BCUT2D eigenvalue weighted by Crippen LogP contribution is 2.27. The van der Waals surface area contributed by atoms with E-state index < -0.39 is 0 Å². The van der Waals surface area contributed by atoms with Crippen LogP contribution in [-0.4, -0.2) is 23.1 Å². The SMILES string of the molecule is CCN1C/C(=C/c2csc3ccccc23)NC1=S. The van der Waals surface area contributed by atoms with Crippen molar-refractivity contribution in [3.8, 4) is 0 Å². The van der Waals surface area contributed by atoms with Crippen molar-refractivity contribution in [3.63, 3.8) is 0 Å². The molecule has 2 aromatic rings. The summed E-state index contributed by atoms with van der Waals surface area (Å²) in [4.78, 5) is 2.16. The first-order valence-electron chi connectivity index (χ1n) is 6.00. The lowest BCUT2D eigenvalue weighted by Gasteiger charge is -2.11. The Morgan fingerprint density at radius 1 is 1.44 bits per heavy atom. The molecule has 1 fully saturated rings. The molecule has 0 bridgehead atoms. The number of hydrogen-bond acceptors (Lipinski definition) is 2. The van der Waals surface area contributed by atoms with Crippen LogP contribution in [0.5, 0.6) is 0 Å². The predicted molar refractivity (Wildman–Crippen MR) is 82.8 cm³/mol. The summed E-state index contributed by atoms with van der Waals surface area (Å²) in [5, 5.41) is 7.64. The first-order valence-corrected chi connectivity index (χ1v) is 7.29. The van der Waals surface area contributed by atoms with E-state index >= 15 is 0 Å². The van der Waals surface area contributed by atoms with E-state index in [-0.39, 0.29) is 0 Å². The van der Waals surface area contributed by atoms with E-state index in [1.807, 2.05) is 0 Å². The average molecular weight is 274 g/mol. The molecule has 0 spiro atoms. The second-order valence-corrected chi connectivity index (χ2v) is 5.60. The maximum absolute atomic E-state index is 5.28. The van der Waals surface area contributed by atoms with Crippen molar-refractivity contribution in [1.82, 2.24) is 10.2 Å². The molecule has 0 amide bonds. The van der Waals surface area contributed by atoms with Crippen molar-refractivity contribution in [2.24, 2.45) is 0 Å². The lowest BCUT2D eigenvalue weighted by molar-refractivity contribution is 0.510. The number of benzene rings is 1. The minimum Gasteiger partial charge on any atom is -0.343 e. The lowest BCUT2D eigenvalue weighted by atomic mass is 10.1. The molecule has 1 aromatic heterocycles. The Morgan fingerprint density at radius 2 is 2.28 bits per heavy atom. The molecule has 1 saturated heterocycles. The van der Waals surface area contributed by atoms with E-state index in [0.717, 1.165) is 18.2 Å². The number of fused-ring (bicyclic) bond motifs is 1. The molecule has 0 unspecified atom stereocenters. The number of rotatable bonds is 2. The van der Waals surface area contributed by atoms with E-state index in [9.17, 15) is 0 Å². The van der Waals surface area contributed by atoms with Crippen molar-refractivity contribution in [2.75, 3.05) is 13.1 Å². The van der Waals surface area contributed by atoms with Gasteiger partial charge in [-0.1, -0.05) is 18.2 Å². The summed E-state index contributed by atoms with van der Waals surface area (Å²) < 4.78 is 1.33. The summed E-state index contributed by atoms with van der Waals surface area (Å²) >= 11 is 7.07. The van der Waals surface area contributed by atoms with Gasteiger partial charge in [-0.3, -0.25) is 0 Å². The van der Waals surface area contributed by atoms with E-state index in [1.54, 1.807) is 11.3 Å². The normalized spacial score (nSPS) is 17.7. The van der Waals surface area contributed by atoms with Crippen molar-refractivity contribution in [2.45, 2.75) is 6.92 Å². The van der Waals surface area contributed by atoms with E-state index in [2.05, 4.69) is 52.9 Å². The van der Waals surface area contributed by atoms with Crippen LogP contribution in [0.25, 0.3) is 16.2 Å². The highest BCUT2D eigenvalue weighted by atomic mass is 32.1. The molecule has 2 nitrogen and oxygen atoms in total. The molecule has 0 radical (unpaired) electrons. The van der Waals surface area contributed by atoms with Crippen LogP contribution in [0, 0.1) is 0 Å². The summed E-state index contributed by atoms with van der Waals surface area (Å²) in [6.45, 7) is 3.96. The number of hydrogen-bond donors (Lipinski definition) is 1. The Balaban J connectivity index is 1.95. The minimum atomic E-state index is 0.836. The maximum Gasteiger partial charge on any atom is 0.173 e. The highest BCUT2D eigenvalue weighted by Gasteiger charge is 2.18. The Bertz CT molecular complexity index is 628. The zero-order valence-corrected chi connectivity index (χ0v) is 11.8. The topological polar surface area (TPSA) is 15.3 Å². The smallest absolute Gasteiger partial charge is 0.173 e. The fourth-order valence-corrected chi connectivity index (χ4v) is 3.41. The third-order valence-corrected chi connectivity index (χ3v) is 4.48. The third kappa shape index (κ3) is 2.02. The van der Waals surface area contributed by atoms with Gasteiger partial charge in [-0.25, -0.2) is 0 Å². The van der Waals surface area contributed by atoms with Gasteiger partial charge in [-0.2, -0.15) is 0 Å². The van der Waals surface area contributed by atoms with Crippen LogP contribution in [0.1, 0.15) is 12.5 Å². The summed E-state index contributed by atoms with van der Waals surface area (Å²) in [7, 11) is 0. The number of thiocarbonyl (C=S) groups is 1. The number of likely N-dealkylation sites (N-methyl/N-ethyl adjacent to an activating group) is 1. The summed E-state index contributed by atoms with van der Waals surface area (Å²) in [5.74, 6) is 0. The second kappa shape index (κ2) is 4.71. The maximum atomic E-state index is 5.28. The molecule has 2 heterocycles. The van der Waals surface area contributed by atoms with Crippen LogP contribution in [0.3, 0.4) is 0 Å². The quantitative estimate of drug-likeness (QED) is 0.844. The molecule has 0 atom stereocenters. The van der Waals surface area contributed by atoms with Crippen molar-refractivity contribution < 1.29 is 0 Å². The summed E-state index contributed by atoms with van der Waals surface area (Å²) in [6, 6.07) is 8.50. The Morgan fingerprint density at radius 3 is 3.06 bits per heavy atom. The van der Waals surface area contributed by atoms with Crippen LogP contribution < -0.4 is 5.32 Å². The molecule has 0 aliphatic carbocycles. The zero-order chi connectivity index (χ0) is 12.5. The number of nitrogens with one attached hydrogen (secondary N) is 1. The molecule has 1 N–H and O–H groups in total. The van der Waals surface area contributed by atoms with Gasteiger partial charge in [-0.15, -0.1) is 11.3 Å². The fraction of sp³-hybridized carbons (Fsp3) is 0.214. The molecule has 1 aliphatic rings. The van der Waals surface area contributed by atoms with Crippen molar-refractivity contribution in [1.29, 1.82) is 0 Å². The fourth-order valence-electron chi connectivity index (χ4n) is 2.17. The minimum absolute atomic E-state index is 0.836. The van der Waals surface area contributed by atoms with Gasteiger partial charge in [0.1, 0.15) is 0 Å². The van der Waals surface area contributed by atoms with E-state index in [4.69, 9.17) is 12.2 Å². The largest absolute Gasteiger partial charge is 0.343 e. The third-order valence-electron chi connectivity index (χ3n) is 3.14. The lowest BCUT2D eigenvalue weighted by Crippen LogP contribution is -2.27. The van der Waals surface area contributed by atoms with Crippen LogP contribution >= 0.6 is 23.6 Å². The van der Waals surface area contributed by atoms with E-state index in [1.165, 1.54) is 21.3 Å². The first-order chi connectivity index (χ1) is 8.78. The molecular formula is C14H14N2S2. The van der Waals surface area contributed by atoms with Gasteiger partial charge in [0, 0.05) is 16.9 Å². The molecule has 92 valence electrons. The van der Waals surface area contributed by atoms with Gasteiger partial charge in [0.15, 0.2) is 5.11 Å². The van der Waals surface area contributed by atoms with Crippen LogP contribution in [0.4, 0.5) is 0 Å². The second-order valence-electron chi connectivity index (χ2n) is 4.30. The highest BCUT2D eigenvalue weighted by molar-refractivity contribution is 7.80. The molecule has 3 rings (SSSR count). The number of thiophene rings is 1. The van der Waals surface area contributed by atoms with Gasteiger partial charge in [0.2, 0.25) is 0 Å². The predicted octanol–water partition coefficient (Wildman–Crippen LogP) is 3.45. The molecule has 4 heteroatoms. The molecule has 1 aromatic carbocycles. The molecule has 1 aliphatic heterocycles. The Kier molecular flexibility index (Phi) is 3.06. The van der Waals surface area contributed by atoms with Crippen LogP contribution in [0.15, 0.2) is 35.3 Å². The van der Waals surface area contributed by atoms with Gasteiger partial charge in [-0.05, 0) is 47.6 Å². The Labute approximate surface area is 116 Å². The van der Waals surface area contributed by atoms with Crippen molar-refractivity contribution in [3.05, 3.63) is 40.9 Å². The zero-order valence-electron chi connectivity index (χ0n) is 10.1. The summed E-state index contributed by atoms with van der Waals surface area (Å²) in [5.41, 5.74) is 2.46. The average Bonchev–Trinajstić information content (AvgIpc) is 2.94. The monoisotopic (exact) mass is 274 g/mol. The summed E-state index contributed by atoms with van der Waals surface area (Å²) in [6.07, 6.45) is 2.21. The standard InChI is InChI=1S/C14H14N2S2/c1-2-16-8-11(15-14(16)17)7-10-9-18-13-6-4-3-5-12(10)13/h3-7,9H,2,8H2,1H3,(H,15,17)/b11-7-.